The molecule has 1 aromatic carbocycles. The number of hydrogen-bond donors (Lipinski definition) is 3. The van der Waals surface area contributed by atoms with Gasteiger partial charge in [0.15, 0.2) is 0 Å². The molecule has 2 atom stereocenters. The van der Waals surface area contributed by atoms with Crippen LogP contribution in [0.25, 0.3) is 0 Å². The van der Waals surface area contributed by atoms with E-state index in [1.54, 1.807) is 0 Å². The van der Waals surface area contributed by atoms with Crippen molar-refractivity contribution in [2.75, 3.05) is 31.1 Å². The van der Waals surface area contributed by atoms with Gasteiger partial charge in [-0.15, -0.1) is 0 Å². The van der Waals surface area contributed by atoms with Gasteiger partial charge in [-0.05, 0) is 29.9 Å². The van der Waals surface area contributed by atoms with Gasteiger partial charge in [-0.1, -0.05) is 39.0 Å². The number of nitrogens with zero attached hydrogens (tertiary/aromatic N) is 1. The average Bonchev–Trinajstić information content (AvgIpc) is 2.99. The second-order valence-electron chi connectivity index (χ2n) is 7.41. The Morgan fingerprint density at radius 3 is 2.65 bits per heavy atom. The lowest BCUT2D eigenvalue weighted by atomic mass is 9.89. The molecule has 0 aromatic heterocycles. The second kappa shape index (κ2) is 7.68. The first-order valence-electron chi connectivity index (χ1n) is 8.36. The summed E-state index contributed by atoms with van der Waals surface area (Å²) in [5.74, 6) is 0.466. The van der Waals surface area contributed by atoms with E-state index in [0.717, 1.165) is 19.5 Å². The van der Waals surface area contributed by atoms with Crippen molar-refractivity contribution in [3.05, 3.63) is 30.3 Å². The number of nitrogens with one attached hydrogen (secondary N) is 2. The Bertz CT molecular complexity index is 499. The van der Waals surface area contributed by atoms with Crippen molar-refractivity contribution in [3.63, 3.8) is 0 Å². The van der Waals surface area contributed by atoms with Crippen molar-refractivity contribution in [3.8, 4) is 0 Å². The largest absolute Gasteiger partial charge is 0.391 e. The SMILES string of the molecule is CC(C)(C)C(O)CNC(=O)NCC1CCN(c2ccccc2)C1. The number of carbonyl (C=O) groups is 1. The van der Waals surface area contributed by atoms with Crippen molar-refractivity contribution in [1.82, 2.24) is 10.6 Å². The van der Waals surface area contributed by atoms with Crippen molar-refractivity contribution in [2.45, 2.75) is 33.3 Å². The molecular weight excluding hydrogens is 290 g/mol. The Balaban J connectivity index is 1.68. The molecule has 3 N–H and O–H groups in total. The molecule has 1 heterocycles. The van der Waals surface area contributed by atoms with Gasteiger partial charge in [0.25, 0.3) is 0 Å². The molecule has 2 amide bonds. The fraction of sp³-hybridized carbons (Fsp3) is 0.611. The number of para-hydroxylation sites is 1. The summed E-state index contributed by atoms with van der Waals surface area (Å²) in [6, 6.07) is 10.2. The maximum Gasteiger partial charge on any atom is 0.314 e. The number of aliphatic hydroxyl groups excluding tert-OH is 1. The third kappa shape index (κ3) is 5.43. The van der Waals surface area contributed by atoms with Gasteiger partial charge < -0.3 is 20.6 Å². The average molecular weight is 319 g/mol. The molecule has 128 valence electrons. The number of anilines is 1. The zero-order chi connectivity index (χ0) is 16.9. The molecule has 1 aromatic rings. The van der Waals surface area contributed by atoms with E-state index in [9.17, 15) is 9.90 Å². The van der Waals surface area contributed by atoms with Gasteiger partial charge in [-0.25, -0.2) is 4.79 Å². The van der Waals surface area contributed by atoms with Crippen LogP contribution in [0.5, 0.6) is 0 Å². The number of rotatable bonds is 5. The van der Waals surface area contributed by atoms with Crippen LogP contribution >= 0.6 is 0 Å². The molecule has 0 spiro atoms. The first kappa shape index (κ1) is 17.6. The zero-order valence-electron chi connectivity index (χ0n) is 14.4. The predicted octanol–water partition coefficient (Wildman–Crippen LogP) is 2.22. The first-order chi connectivity index (χ1) is 10.9. The Labute approximate surface area is 139 Å². The summed E-state index contributed by atoms with van der Waals surface area (Å²) in [5, 5.41) is 15.6. The zero-order valence-corrected chi connectivity index (χ0v) is 14.4. The van der Waals surface area contributed by atoms with E-state index in [2.05, 4.69) is 39.8 Å². The molecule has 1 aliphatic heterocycles. The molecular formula is C18H29N3O2. The summed E-state index contributed by atoms with van der Waals surface area (Å²) in [6.45, 7) is 8.79. The lowest BCUT2D eigenvalue weighted by molar-refractivity contribution is 0.0649. The third-order valence-corrected chi connectivity index (χ3v) is 4.41. The van der Waals surface area contributed by atoms with E-state index in [4.69, 9.17) is 0 Å². The maximum atomic E-state index is 11.8. The number of benzene rings is 1. The summed E-state index contributed by atoms with van der Waals surface area (Å²) in [5.41, 5.74) is 1.02. The normalized spacial score (nSPS) is 19.5. The lowest BCUT2D eigenvalue weighted by Crippen LogP contribution is -2.44. The van der Waals surface area contributed by atoms with Crippen molar-refractivity contribution >= 4 is 11.7 Å². The van der Waals surface area contributed by atoms with Crippen LogP contribution in [0, 0.1) is 11.3 Å². The smallest absolute Gasteiger partial charge is 0.314 e. The standard InChI is InChI=1S/C18H29N3O2/c1-18(2,3)16(22)12-20-17(23)19-11-14-9-10-21(13-14)15-7-5-4-6-8-15/h4-8,14,16,22H,9-13H2,1-3H3,(H2,19,20,23). The summed E-state index contributed by atoms with van der Waals surface area (Å²) in [7, 11) is 0. The molecule has 0 radical (unpaired) electrons. The Morgan fingerprint density at radius 1 is 1.30 bits per heavy atom. The fourth-order valence-electron chi connectivity index (χ4n) is 2.67. The first-order valence-corrected chi connectivity index (χ1v) is 8.36. The lowest BCUT2D eigenvalue weighted by Gasteiger charge is -2.26. The van der Waals surface area contributed by atoms with Crippen LogP contribution in [-0.2, 0) is 0 Å². The monoisotopic (exact) mass is 319 g/mol. The maximum absolute atomic E-state index is 11.8. The number of carbonyl (C=O) groups excluding carboxylic acids is 1. The minimum atomic E-state index is -0.548. The molecule has 2 rings (SSSR count). The Hall–Kier alpha value is -1.75. The molecule has 0 bridgehead atoms. The van der Waals surface area contributed by atoms with Gasteiger partial charge in [0.2, 0.25) is 0 Å². The van der Waals surface area contributed by atoms with E-state index in [-0.39, 0.29) is 18.0 Å². The number of amides is 2. The van der Waals surface area contributed by atoms with Gasteiger partial charge in [0.1, 0.15) is 0 Å². The molecule has 0 saturated carbocycles. The quantitative estimate of drug-likeness (QED) is 0.780. The predicted molar refractivity (Wildman–Crippen MR) is 93.6 cm³/mol. The molecule has 2 unspecified atom stereocenters. The number of hydrogen-bond acceptors (Lipinski definition) is 3. The second-order valence-corrected chi connectivity index (χ2v) is 7.41. The van der Waals surface area contributed by atoms with Crippen LogP contribution in [0.2, 0.25) is 0 Å². The van der Waals surface area contributed by atoms with E-state index in [1.807, 2.05) is 26.8 Å². The van der Waals surface area contributed by atoms with Crippen LogP contribution in [0.4, 0.5) is 10.5 Å². The van der Waals surface area contributed by atoms with Gasteiger partial charge in [0.05, 0.1) is 6.10 Å². The van der Waals surface area contributed by atoms with Crippen molar-refractivity contribution in [2.24, 2.45) is 11.3 Å². The molecule has 0 aliphatic carbocycles. The van der Waals surface area contributed by atoms with E-state index in [1.165, 1.54) is 5.69 Å². The van der Waals surface area contributed by atoms with Crippen LogP contribution in [0.3, 0.4) is 0 Å². The molecule has 5 heteroatoms. The topological polar surface area (TPSA) is 64.6 Å². The van der Waals surface area contributed by atoms with Gasteiger partial charge in [-0.3, -0.25) is 0 Å². The van der Waals surface area contributed by atoms with Crippen LogP contribution < -0.4 is 15.5 Å². The number of urea groups is 1. The Morgan fingerprint density at radius 2 is 2.00 bits per heavy atom. The Kier molecular flexibility index (Phi) is 5.88. The highest BCUT2D eigenvalue weighted by molar-refractivity contribution is 5.73. The fourth-order valence-corrected chi connectivity index (χ4v) is 2.67. The summed E-state index contributed by atoms with van der Waals surface area (Å²) in [6.07, 6.45) is 0.535. The molecule has 1 fully saturated rings. The highest BCUT2D eigenvalue weighted by Gasteiger charge is 2.24. The highest BCUT2D eigenvalue weighted by Crippen LogP contribution is 2.23. The number of aliphatic hydroxyl groups is 1. The minimum Gasteiger partial charge on any atom is -0.391 e. The summed E-state index contributed by atoms with van der Waals surface area (Å²) >= 11 is 0. The van der Waals surface area contributed by atoms with Crippen LogP contribution in [0.15, 0.2) is 30.3 Å². The van der Waals surface area contributed by atoms with Crippen molar-refractivity contribution < 1.29 is 9.90 Å². The molecule has 1 saturated heterocycles. The highest BCUT2D eigenvalue weighted by atomic mass is 16.3. The van der Waals surface area contributed by atoms with Crippen LogP contribution in [-0.4, -0.2) is 43.4 Å². The third-order valence-electron chi connectivity index (χ3n) is 4.41. The minimum absolute atomic E-state index is 0.202. The van der Waals surface area contributed by atoms with Crippen molar-refractivity contribution in [1.29, 1.82) is 0 Å². The summed E-state index contributed by atoms with van der Waals surface area (Å²) < 4.78 is 0. The van der Waals surface area contributed by atoms with E-state index in [0.29, 0.717) is 12.5 Å². The molecule has 1 aliphatic rings. The van der Waals surface area contributed by atoms with E-state index < -0.39 is 6.10 Å². The summed E-state index contributed by atoms with van der Waals surface area (Å²) in [4.78, 5) is 14.2. The molecule has 5 nitrogen and oxygen atoms in total. The molecule has 23 heavy (non-hydrogen) atoms. The van der Waals surface area contributed by atoms with E-state index >= 15 is 0 Å². The van der Waals surface area contributed by atoms with Gasteiger partial charge in [-0.2, -0.15) is 0 Å². The van der Waals surface area contributed by atoms with Gasteiger partial charge in [0, 0.05) is 31.9 Å². The van der Waals surface area contributed by atoms with Gasteiger partial charge >= 0.3 is 6.03 Å². The van der Waals surface area contributed by atoms with Crippen LogP contribution in [0.1, 0.15) is 27.2 Å².